The normalized spacial score (nSPS) is 24.9. The van der Waals surface area contributed by atoms with E-state index in [9.17, 15) is 18.0 Å². The summed E-state index contributed by atoms with van der Waals surface area (Å²) >= 11 is 6.15. The molecule has 2 fully saturated rings. The van der Waals surface area contributed by atoms with Crippen molar-refractivity contribution in [1.82, 2.24) is 4.90 Å². The summed E-state index contributed by atoms with van der Waals surface area (Å²) in [5.74, 6) is -0.559. The van der Waals surface area contributed by atoms with E-state index in [1.807, 2.05) is 26.0 Å². The van der Waals surface area contributed by atoms with Gasteiger partial charge in [0.1, 0.15) is 0 Å². The van der Waals surface area contributed by atoms with Crippen LogP contribution in [0.5, 0.6) is 0 Å². The van der Waals surface area contributed by atoms with Gasteiger partial charge in [0.25, 0.3) is 0 Å². The first-order chi connectivity index (χ1) is 12.2. The number of hydrogen-bond donors (Lipinski definition) is 0. The molecule has 2 heterocycles. The number of anilines is 1. The molecule has 0 saturated carbocycles. The molecular weight excluding hydrogens is 376 g/mol. The van der Waals surface area contributed by atoms with Gasteiger partial charge in [-0.1, -0.05) is 17.7 Å². The van der Waals surface area contributed by atoms with Crippen LogP contribution in [0.15, 0.2) is 18.2 Å². The molecule has 6 nitrogen and oxygen atoms in total. The highest BCUT2D eigenvalue weighted by molar-refractivity contribution is 7.91. The molecule has 26 heavy (non-hydrogen) atoms. The minimum absolute atomic E-state index is 0.0184. The number of nitrogens with zero attached hydrogens (tertiary/aromatic N) is 2. The summed E-state index contributed by atoms with van der Waals surface area (Å²) < 4.78 is 23.5. The van der Waals surface area contributed by atoms with Crippen molar-refractivity contribution in [2.75, 3.05) is 29.5 Å². The standard InChI is InChI=1S/C18H23ClN2O4S/c1-3-20(15-6-7-26(24,25)11-15)18(23)13-8-17(22)21(10-13)14-5-4-12(2)16(19)9-14/h4-5,9,13,15H,3,6-8,10-11H2,1-2H3. The van der Waals surface area contributed by atoms with Crippen molar-refractivity contribution in [3.8, 4) is 0 Å². The van der Waals surface area contributed by atoms with Gasteiger partial charge in [0.05, 0.1) is 17.4 Å². The SMILES string of the molecule is CCN(C(=O)C1CC(=O)N(c2ccc(C)c(Cl)c2)C1)C1CCS(=O)(=O)C1. The van der Waals surface area contributed by atoms with Crippen LogP contribution in [-0.4, -0.2) is 55.8 Å². The Morgan fingerprint density at radius 2 is 2.12 bits per heavy atom. The Hall–Kier alpha value is -1.60. The number of carbonyl (C=O) groups is 2. The van der Waals surface area contributed by atoms with Gasteiger partial charge in [-0.25, -0.2) is 8.42 Å². The van der Waals surface area contributed by atoms with Gasteiger partial charge in [-0.3, -0.25) is 9.59 Å². The van der Waals surface area contributed by atoms with E-state index in [4.69, 9.17) is 11.6 Å². The Morgan fingerprint density at radius 1 is 1.38 bits per heavy atom. The molecule has 2 saturated heterocycles. The smallest absolute Gasteiger partial charge is 0.228 e. The zero-order valence-electron chi connectivity index (χ0n) is 14.9. The minimum Gasteiger partial charge on any atom is -0.339 e. The fourth-order valence-corrected chi connectivity index (χ4v) is 5.63. The molecule has 2 aliphatic rings. The van der Waals surface area contributed by atoms with Gasteiger partial charge in [-0.2, -0.15) is 0 Å². The maximum absolute atomic E-state index is 12.9. The van der Waals surface area contributed by atoms with Crippen molar-refractivity contribution in [2.24, 2.45) is 5.92 Å². The summed E-state index contributed by atoms with van der Waals surface area (Å²) in [6.45, 7) is 4.48. The lowest BCUT2D eigenvalue weighted by Gasteiger charge is -2.29. The molecule has 1 aromatic rings. The third-order valence-corrected chi connectivity index (χ3v) is 7.37. The first kappa shape index (κ1) is 19.2. The maximum atomic E-state index is 12.9. The average Bonchev–Trinajstić information content (AvgIpc) is 3.13. The molecule has 0 N–H and O–H groups in total. The second kappa shape index (κ2) is 7.19. The molecular formula is C18H23ClN2O4S. The Labute approximate surface area is 159 Å². The van der Waals surface area contributed by atoms with Crippen LogP contribution in [0.4, 0.5) is 5.69 Å². The summed E-state index contributed by atoms with van der Waals surface area (Å²) in [4.78, 5) is 28.6. The molecule has 2 unspecified atom stereocenters. The molecule has 0 aliphatic carbocycles. The fraction of sp³-hybridized carbons (Fsp3) is 0.556. The van der Waals surface area contributed by atoms with Crippen LogP contribution in [0.3, 0.4) is 0 Å². The van der Waals surface area contributed by atoms with Crippen LogP contribution < -0.4 is 4.90 Å². The second-order valence-corrected chi connectivity index (χ2v) is 9.66. The lowest BCUT2D eigenvalue weighted by Crippen LogP contribution is -2.44. The van der Waals surface area contributed by atoms with Gasteiger partial charge in [-0.05, 0) is 38.0 Å². The molecule has 2 amide bonds. The van der Waals surface area contributed by atoms with Gasteiger partial charge in [0.2, 0.25) is 11.8 Å². The van der Waals surface area contributed by atoms with E-state index < -0.39 is 15.8 Å². The molecule has 142 valence electrons. The van der Waals surface area contributed by atoms with Gasteiger partial charge in [0.15, 0.2) is 9.84 Å². The van der Waals surface area contributed by atoms with Crippen molar-refractivity contribution in [3.63, 3.8) is 0 Å². The van der Waals surface area contributed by atoms with Crippen LogP contribution in [0, 0.1) is 12.8 Å². The van der Waals surface area contributed by atoms with E-state index in [0.29, 0.717) is 30.2 Å². The number of halogens is 1. The quantitative estimate of drug-likeness (QED) is 0.777. The number of sulfone groups is 1. The molecule has 1 aromatic carbocycles. The largest absolute Gasteiger partial charge is 0.339 e. The molecule has 2 aliphatic heterocycles. The Morgan fingerprint density at radius 3 is 2.69 bits per heavy atom. The number of amides is 2. The van der Waals surface area contributed by atoms with Crippen LogP contribution in [0.25, 0.3) is 0 Å². The van der Waals surface area contributed by atoms with E-state index in [2.05, 4.69) is 0 Å². The molecule has 0 aromatic heterocycles. The summed E-state index contributed by atoms with van der Waals surface area (Å²) in [7, 11) is -3.07. The molecule has 8 heteroatoms. The minimum atomic E-state index is -3.07. The van der Waals surface area contributed by atoms with Crippen LogP contribution >= 0.6 is 11.6 Å². The van der Waals surface area contributed by atoms with Gasteiger partial charge >= 0.3 is 0 Å². The van der Waals surface area contributed by atoms with E-state index in [0.717, 1.165) is 5.56 Å². The zero-order chi connectivity index (χ0) is 19.1. The number of aryl methyl sites for hydroxylation is 1. The van der Waals surface area contributed by atoms with E-state index in [1.54, 1.807) is 15.9 Å². The molecule has 3 rings (SSSR count). The van der Waals surface area contributed by atoms with Crippen molar-refractivity contribution in [2.45, 2.75) is 32.7 Å². The van der Waals surface area contributed by atoms with E-state index in [-0.39, 0.29) is 35.8 Å². The highest BCUT2D eigenvalue weighted by Gasteiger charge is 2.41. The van der Waals surface area contributed by atoms with Crippen LogP contribution in [0.2, 0.25) is 5.02 Å². The topological polar surface area (TPSA) is 74.8 Å². The monoisotopic (exact) mass is 398 g/mol. The first-order valence-electron chi connectivity index (χ1n) is 8.79. The molecule has 0 spiro atoms. The fourth-order valence-electron chi connectivity index (χ4n) is 3.72. The van der Waals surface area contributed by atoms with E-state index in [1.165, 1.54) is 0 Å². The Kier molecular flexibility index (Phi) is 5.30. The van der Waals surface area contributed by atoms with Crippen molar-refractivity contribution < 1.29 is 18.0 Å². The summed E-state index contributed by atoms with van der Waals surface area (Å²) in [6.07, 6.45) is 0.611. The summed E-state index contributed by atoms with van der Waals surface area (Å²) in [5, 5.41) is 0.580. The third-order valence-electron chi connectivity index (χ3n) is 5.21. The van der Waals surface area contributed by atoms with Gasteiger partial charge < -0.3 is 9.80 Å². The number of hydrogen-bond acceptors (Lipinski definition) is 4. The van der Waals surface area contributed by atoms with Crippen LogP contribution in [0.1, 0.15) is 25.3 Å². The lowest BCUT2D eigenvalue weighted by molar-refractivity contribution is -0.137. The van der Waals surface area contributed by atoms with Crippen molar-refractivity contribution in [1.29, 1.82) is 0 Å². The molecule has 0 radical (unpaired) electrons. The van der Waals surface area contributed by atoms with Crippen LogP contribution in [-0.2, 0) is 19.4 Å². The third kappa shape index (κ3) is 3.74. The Balaban J connectivity index is 1.74. The molecule has 2 atom stereocenters. The predicted molar refractivity (Wildman–Crippen MR) is 101 cm³/mol. The van der Waals surface area contributed by atoms with E-state index >= 15 is 0 Å². The first-order valence-corrected chi connectivity index (χ1v) is 11.0. The number of benzene rings is 1. The highest BCUT2D eigenvalue weighted by Crippen LogP contribution is 2.30. The molecule has 0 bridgehead atoms. The second-order valence-electron chi connectivity index (χ2n) is 7.02. The van der Waals surface area contributed by atoms with Crippen molar-refractivity contribution in [3.05, 3.63) is 28.8 Å². The number of rotatable bonds is 4. The summed E-state index contributed by atoms with van der Waals surface area (Å²) in [6, 6.07) is 5.13. The predicted octanol–water partition coefficient (Wildman–Crippen LogP) is 2.04. The summed E-state index contributed by atoms with van der Waals surface area (Å²) in [5.41, 5.74) is 1.61. The highest BCUT2D eigenvalue weighted by atomic mass is 35.5. The van der Waals surface area contributed by atoms with Gasteiger partial charge in [-0.15, -0.1) is 0 Å². The maximum Gasteiger partial charge on any atom is 0.228 e. The average molecular weight is 399 g/mol. The van der Waals surface area contributed by atoms with Crippen molar-refractivity contribution >= 4 is 38.9 Å². The number of carbonyl (C=O) groups excluding carboxylic acids is 2. The van der Waals surface area contributed by atoms with Gasteiger partial charge in [0, 0.05) is 36.3 Å². The zero-order valence-corrected chi connectivity index (χ0v) is 16.5. The Bertz CT molecular complexity index is 840. The lowest BCUT2D eigenvalue weighted by atomic mass is 10.1.